The van der Waals surface area contributed by atoms with Gasteiger partial charge in [-0.15, -0.1) is 10.2 Å². The molecule has 1 saturated heterocycles. The number of carbonyl (C=O) groups is 1. The van der Waals surface area contributed by atoms with Crippen LogP contribution in [0.4, 0.5) is 4.39 Å². The van der Waals surface area contributed by atoms with Crippen LogP contribution in [0.1, 0.15) is 53.4 Å². The predicted molar refractivity (Wildman–Crippen MR) is 82.6 cm³/mol. The summed E-state index contributed by atoms with van der Waals surface area (Å²) in [5, 5.41) is 7.97. The SMILES string of the molecule is Cc1nnc([C@H]2CCCN(C(=O)c3ccc(C)c(F)c3)[C@H]2C)o1. The second-order valence-electron chi connectivity index (χ2n) is 6.11. The van der Waals surface area contributed by atoms with E-state index in [1.807, 2.05) is 6.92 Å². The standard InChI is InChI=1S/C17H20FN3O2/c1-10-6-7-13(9-15(10)18)17(22)21-8-4-5-14(11(21)2)16-20-19-12(3)23-16/h6-7,9,11,14H,4-5,8H2,1-3H3/t11-,14-/m0/s1. The first-order valence-electron chi connectivity index (χ1n) is 7.84. The number of likely N-dealkylation sites (tertiary alicyclic amines) is 1. The summed E-state index contributed by atoms with van der Waals surface area (Å²) >= 11 is 0. The number of amides is 1. The van der Waals surface area contributed by atoms with Crippen molar-refractivity contribution in [3.8, 4) is 0 Å². The summed E-state index contributed by atoms with van der Waals surface area (Å²) in [6.07, 6.45) is 1.76. The van der Waals surface area contributed by atoms with Gasteiger partial charge >= 0.3 is 0 Å². The fourth-order valence-corrected chi connectivity index (χ4v) is 3.11. The lowest BCUT2D eigenvalue weighted by atomic mass is 9.89. The molecule has 2 aromatic rings. The van der Waals surface area contributed by atoms with Crippen LogP contribution in [0.3, 0.4) is 0 Å². The van der Waals surface area contributed by atoms with Crippen LogP contribution in [-0.2, 0) is 0 Å². The highest BCUT2D eigenvalue weighted by molar-refractivity contribution is 5.94. The highest BCUT2D eigenvalue weighted by atomic mass is 19.1. The number of rotatable bonds is 2. The Morgan fingerprint density at radius 1 is 1.35 bits per heavy atom. The van der Waals surface area contributed by atoms with Crippen molar-refractivity contribution in [3.05, 3.63) is 46.9 Å². The molecule has 1 amide bonds. The molecule has 23 heavy (non-hydrogen) atoms. The van der Waals surface area contributed by atoms with E-state index >= 15 is 0 Å². The zero-order valence-electron chi connectivity index (χ0n) is 13.5. The Labute approximate surface area is 134 Å². The smallest absolute Gasteiger partial charge is 0.254 e. The van der Waals surface area contributed by atoms with Crippen molar-refractivity contribution in [1.82, 2.24) is 15.1 Å². The van der Waals surface area contributed by atoms with E-state index in [0.29, 0.717) is 29.5 Å². The third-order valence-corrected chi connectivity index (χ3v) is 4.53. The summed E-state index contributed by atoms with van der Waals surface area (Å²) in [6, 6.07) is 4.55. The number of aryl methyl sites for hydroxylation is 2. The Kier molecular flexibility index (Phi) is 4.15. The first-order valence-corrected chi connectivity index (χ1v) is 7.84. The Morgan fingerprint density at radius 3 is 2.78 bits per heavy atom. The molecule has 2 heterocycles. The molecule has 0 N–H and O–H groups in total. The number of carbonyl (C=O) groups excluding carboxylic acids is 1. The minimum Gasteiger partial charge on any atom is -0.425 e. The van der Waals surface area contributed by atoms with Crippen LogP contribution in [-0.4, -0.2) is 33.6 Å². The van der Waals surface area contributed by atoms with Gasteiger partial charge in [0, 0.05) is 25.1 Å². The van der Waals surface area contributed by atoms with Crippen molar-refractivity contribution in [2.24, 2.45) is 0 Å². The molecule has 0 spiro atoms. The lowest BCUT2D eigenvalue weighted by molar-refractivity contribution is 0.0582. The molecule has 6 heteroatoms. The first-order chi connectivity index (χ1) is 11.0. The number of hydrogen-bond acceptors (Lipinski definition) is 4. The fourth-order valence-electron chi connectivity index (χ4n) is 3.11. The molecule has 1 aromatic heterocycles. The van der Waals surface area contributed by atoms with Gasteiger partial charge in [0.2, 0.25) is 11.8 Å². The van der Waals surface area contributed by atoms with Gasteiger partial charge in [-0.3, -0.25) is 4.79 Å². The third-order valence-electron chi connectivity index (χ3n) is 4.53. The molecule has 2 atom stereocenters. The Balaban J connectivity index is 1.83. The summed E-state index contributed by atoms with van der Waals surface area (Å²) in [4.78, 5) is 14.5. The van der Waals surface area contributed by atoms with Gasteiger partial charge in [0.15, 0.2) is 0 Å². The summed E-state index contributed by atoms with van der Waals surface area (Å²) in [5.41, 5.74) is 0.912. The van der Waals surface area contributed by atoms with Crippen LogP contribution in [0, 0.1) is 19.7 Å². The summed E-state index contributed by atoms with van der Waals surface area (Å²) in [6.45, 7) is 6.06. The van der Waals surface area contributed by atoms with Gasteiger partial charge in [-0.25, -0.2) is 4.39 Å². The maximum atomic E-state index is 13.7. The average Bonchev–Trinajstić information content (AvgIpc) is 2.96. The largest absolute Gasteiger partial charge is 0.425 e. The minimum atomic E-state index is -0.357. The highest BCUT2D eigenvalue weighted by Crippen LogP contribution is 2.32. The van der Waals surface area contributed by atoms with Crippen molar-refractivity contribution in [3.63, 3.8) is 0 Å². The van der Waals surface area contributed by atoms with Crippen LogP contribution < -0.4 is 0 Å². The van der Waals surface area contributed by atoms with E-state index < -0.39 is 0 Å². The van der Waals surface area contributed by atoms with E-state index in [9.17, 15) is 9.18 Å². The molecular formula is C17H20FN3O2. The van der Waals surface area contributed by atoms with E-state index in [-0.39, 0.29) is 23.7 Å². The normalized spacial score (nSPS) is 21.5. The minimum absolute atomic E-state index is 0.0178. The second-order valence-corrected chi connectivity index (χ2v) is 6.11. The molecule has 0 radical (unpaired) electrons. The monoisotopic (exact) mass is 317 g/mol. The zero-order chi connectivity index (χ0) is 16.6. The molecule has 1 fully saturated rings. The number of hydrogen-bond donors (Lipinski definition) is 0. The van der Waals surface area contributed by atoms with Crippen molar-refractivity contribution < 1.29 is 13.6 Å². The molecule has 122 valence electrons. The fraction of sp³-hybridized carbons (Fsp3) is 0.471. The number of halogens is 1. The topological polar surface area (TPSA) is 59.2 Å². The summed E-state index contributed by atoms with van der Waals surface area (Å²) in [5.74, 6) is 0.602. The maximum absolute atomic E-state index is 13.7. The maximum Gasteiger partial charge on any atom is 0.254 e. The number of benzene rings is 1. The van der Waals surface area contributed by atoms with Gasteiger partial charge in [0.1, 0.15) is 5.82 Å². The van der Waals surface area contributed by atoms with Crippen LogP contribution in [0.15, 0.2) is 22.6 Å². The molecule has 3 rings (SSSR count). The van der Waals surface area contributed by atoms with Gasteiger partial charge in [-0.05, 0) is 44.4 Å². The molecule has 0 bridgehead atoms. The van der Waals surface area contributed by atoms with E-state index in [0.717, 1.165) is 12.8 Å². The Bertz CT molecular complexity index is 728. The molecule has 0 saturated carbocycles. The quantitative estimate of drug-likeness (QED) is 0.853. The van der Waals surface area contributed by atoms with E-state index in [2.05, 4.69) is 10.2 Å². The molecule has 0 aliphatic carbocycles. The summed E-state index contributed by atoms with van der Waals surface area (Å²) in [7, 11) is 0. The Hall–Kier alpha value is -2.24. The molecule has 1 aromatic carbocycles. The molecular weight excluding hydrogens is 297 g/mol. The van der Waals surface area contributed by atoms with Crippen molar-refractivity contribution in [1.29, 1.82) is 0 Å². The van der Waals surface area contributed by atoms with Crippen LogP contribution in [0.2, 0.25) is 0 Å². The number of aromatic nitrogens is 2. The van der Waals surface area contributed by atoms with Gasteiger partial charge in [0.05, 0.1) is 5.92 Å². The zero-order valence-corrected chi connectivity index (χ0v) is 13.5. The predicted octanol–water partition coefficient (Wildman–Crippen LogP) is 3.23. The van der Waals surface area contributed by atoms with E-state index in [1.54, 1.807) is 30.9 Å². The lowest BCUT2D eigenvalue weighted by Gasteiger charge is -2.38. The summed E-state index contributed by atoms with van der Waals surface area (Å²) < 4.78 is 19.3. The van der Waals surface area contributed by atoms with Gasteiger partial charge < -0.3 is 9.32 Å². The van der Waals surface area contributed by atoms with Crippen molar-refractivity contribution in [2.75, 3.05) is 6.54 Å². The average molecular weight is 317 g/mol. The lowest BCUT2D eigenvalue weighted by Crippen LogP contribution is -2.46. The molecule has 1 aliphatic rings. The molecule has 0 unspecified atom stereocenters. The van der Waals surface area contributed by atoms with Crippen molar-refractivity contribution in [2.45, 2.75) is 45.6 Å². The first kappa shape index (κ1) is 15.6. The number of nitrogens with zero attached hydrogens (tertiary/aromatic N) is 3. The van der Waals surface area contributed by atoms with Crippen LogP contribution >= 0.6 is 0 Å². The molecule has 5 nitrogen and oxygen atoms in total. The van der Waals surface area contributed by atoms with Gasteiger partial charge in [-0.2, -0.15) is 0 Å². The Morgan fingerprint density at radius 2 is 2.13 bits per heavy atom. The van der Waals surface area contributed by atoms with Gasteiger partial charge in [-0.1, -0.05) is 6.07 Å². The van der Waals surface area contributed by atoms with Crippen molar-refractivity contribution >= 4 is 5.91 Å². The third kappa shape index (κ3) is 2.98. The van der Waals surface area contributed by atoms with Crippen LogP contribution in [0.25, 0.3) is 0 Å². The molecule has 1 aliphatic heterocycles. The van der Waals surface area contributed by atoms with Gasteiger partial charge in [0.25, 0.3) is 5.91 Å². The van der Waals surface area contributed by atoms with E-state index in [1.165, 1.54) is 6.07 Å². The highest BCUT2D eigenvalue weighted by Gasteiger charge is 2.35. The number of piperidine rings is 1. The van der Waals surface area contributed by atoms with Crippen LogP contribution in [0.5, 0.6) is 0 Å². The second kappa shape index (κ2) is 6.10. The van der Waals surface area contributed by atoms with E-state index in [4.69, 9.17) is 4.42 Å².